The van der Waals surface area contributed by atoms with Gasteiger partial charge in [-0.1, -0.05) is 6.07 Å². The molecule has 1 aromatic heterocycles. The van der Waals surface area contributed by atoms with E-state index in [-0.39, 0.29) is 34.0 Å². The molecule has 0 saturated heterocycles. The minimum Gasteiger partial charge on any atom is -0.507 e. The predicted octanol–water partition coefficient (Wildman–Crippen LogP) is 3.20. The first-order valence-electron chi connectivity index (χ1n) is 7.68. The summed E-state index contributed by atoms with van der Waals surface area (Å²) in [6, 6.07) is 7.81. The van der Waals surface area contributed by atoms with E-state index >= 15 is 0 Å². The minimum absolute atomic E-state index is 0.00765. The highest BCUT2D eigenvalue weighted by Gasteiger charge is 2.21. The molecule has 3 rings (SSSR count). The number of methoxy groups -OCH3 is 4. The fraction of sp³-hybridized carbons (Fsp3) is 0.211. The van der Waals surface area contributed by atoms with Gasteiger partial charge in [-0.05, 0) is 12.1 Å². The predicted molar refractivity (Wildman–Crippen MR) is 95.8 cm³/mol. The van der Waals surface area contributed by atoms with Crippen LogP contribution in [0.2, 0.25) is 0 Å². The molecule has 0 bridgehead atoms. The number of benzene rings is 2. The lowest BCUT2D eigenvalue weighted by Crippen LogP contribution is -2.04. The van der Waals surface area contributed by atoms with Crippen molar-refractivity contribution in [3.05, 3.63) is 40.6 Å². The molecule has 0 spiro atoms. The highest BCUT2D eigenvalue weighted by atomic mass is 16.5. The van der Waals surface area contributed by atoms with Crippen molar-refractivity contribution in [3.63, 3.8) is 0 Å². The summed E-state index contributed by atoms with van der Waals surface area (Å²) < 4.78 is 27.1. The fourth-order valence-electron chi connectivity index (χ4n) is 2.83. The highest BCUT2D eigenvalue weighted by molar-refractivity contribution is 5.92. The number of phenolic OH excluding ortho intramolecular Hbond substituents is 1. The van der Waals surface area contributed by atoms with Crippen LogP contribution in [0.15, 0.2) is 39.5 Å². The van der Waals surface area contributed by atoms with E-state index in [9.17, 15) is 9.90 Å². The smallest absolute Gasteiger partial charge is 0.205 e. The van der Waals surface area contributed by atoms with Gasteiger partial charge in [0.25, 0.3) is 0 Å². The molecular weight excluding hydrogens is 340 g/mol. The molecule has 0 saturated carbocycles. The number of ether oxygens (including phenoxy) is 4. The molecule has 0 atom stereocenters. The average molecular weight is 358 g/mol. The van der Waals surface area contributed by atoms with E-state index in [0.717, 1.165) is 0 Å². The van der Waals surface area contributed by atoms with E-state index in [1.807, 2.05) is 0 Å². The Morgan fingerprint density at radius 3 is 2.19 bits per heavy atom. The summed E-state index contributed by atoms with van der Waals surface area (Å²) in [5.41, 5.74) is 0.177. The van der Waals surface area contributed by atoms with Gasteiger partial charge in [-0.15, -0.1) is 0 Å². The van der Waals surface area contributed by atoms with Gasteiger partial charge in [-0.25, -0.2) is 0 Å². The molecule has 136 valence electrons. The molecule has 0 aliphatic rings. The molecule has 0 unspecified atom stereocenters. The second-order valence-electron chi connectivity index (χ2n) is 5.35. The van der Waals surface area contributed by atoms with Crippen molar-refractivity contribution in [1.29, 1.82) is 0 Å². The minimum atomic E-state index is -0.426. The molecule has 2 aromatic carbocycles. The first-order valence-corrected chi connectivity index (χ1v) is 7.68. The van der Waals surface area contributed by atoms with Crippen LogP contribution in [-0.2, 0) is 0 Å². The van der Waals surface area contributed by atoms with Gasteiger partial charge in [0.2, 0.25) is 5.75 Å². The van der Waals surface area contributed by atoms with Crippen molar-refractivity contribution < 1.29 is 28.5 Å². The van der Waals surface area contributed by atoms with Crippen LogP contribution in [-0.4, -0.2) is 33.5 Å². The van der Waals surface area contributed by atoms with Gasteiger partial charge in [-0.2, -0.15) is 0 Å². The molecule has 0 amide bonds. The lowest BCUT2D eigenvalue weighted by Gasteiger charge is -2.14. The monoisotopic (exact) mass is 358 g/mol. The Balaban J connectivity index is 2.39. The summed E-state index contributed by atoms with van der Waals surface area (Å²) in [4.78, 5) is 12.6. The summed E-state index contributed by atoms with van der Waals surface area (Å²) in [6.45, 7) is 0. The maximum atomic E-state index is 12.6. The number of fused-ring (bicyclic) bond motifs is 1. The summed E-state index contributed by atoms with van der Waals surface area (Å²) >= 11 is 0. The zero-order valence-electron chi connectivity index (χ0n) is 14.8. The van der Waals surface area contributed by atoms with E-state index in [0.29, 0.717) is 17.1 Å². The van der Waals surface area contributed by atoms with Crippen LogP contribution in [0.4, 0.5) is 0 Å². The van der Waals surface area contributed by atoms with Crippen molar-refractivity contribution in [2.75, 3.05) is 28.4 Å². The summed E-state index contributed by atoms with van der Waals surface area (Å²) in [7, 11) is 5.86. The van der Waals surface area contributed by atoms with Crippen molar-refractivity contribution in [3.8, 4) is 40.1 Å². The Bertz CT molecular complexity index is 1020. The first kappa shape index (κ1) is 17.5. The zero-order valence-corrected chi connectivity index (χ0v) is 14.8. The van der Waals surface area contributed by atoms with Gasteiger partial charge in [-0.3, -0.25) is 4.79 Å². The van der Waals surface area contributed by atoms with Crippen molar-refractivity contribution >= 4 is 11.0 Å². The number of aromatic hydroxyl groups is 1. The van der Waals surface area contributed by atoms with Crippen molar-refractivity contribution in [1.82, 2.24) is 0 Å². The first-order chi connectivity index (χ1) is 12.5. The molecular formula is C19H18O7. The molecule has 0 fully saturated rings. The van der Waals surface area contributed by atoms with Crippen LogP contribution in [0.1, 0.15) is 0 Å². The van der Waals surface area contributed by atoms with Crippen LogP contribution >= 0.6 is 0 Å². The number of hydrogen-bond acceptors (Lipinski definition) is 7. The third kappa shape index (κ3) is 2.67. The fourth-order valence-corrected chi connectivity index (χ4v) is 2.83. The van der Waals surface area contributed by atoms with Crippen LogP contribution < -0.4 is 24.4 Å². The molecule has 26 heavy (non-hydrogen) atoms. The average Bonchev–Trinajstić information content (AvgIpc) is 2.66. The lowest BCUT2D eigenvalue weighted by molar-refractivity contribution is 0.349. The Morgan fingerprint density at radius 2 is 1.58 bits per heavy atom. The van der Waals surface area contributed by atoms with E-state index < -0.39 is 5.43 Å². The normalized spacial score (nSPS) is 10.6. The number of para-hydroxylation sites is 1. The number of rotatable bonds is 5. The molecule has 0 aliphatic carbocycles. The molecule has 1 heterocycles. The second-order valence-corrected chi connectivity index (χ2v) is 5.35. The van der Waals surface area contributed by atoms with Crippen LogP contribution in [0, 0.1) is 0 Å². The number of hydrogen-bond donors (Lipinski definition) is 1. The molecule has 7 nitrogen and oxygen atoms in total. The molecule has 7 heteroatoms. The summed E-state index contributed by atoms with van der Waals surface area (Å²) in [6.07, 6.45) is 0. The Hall–Kier alpha value is -3.35. The lowest BCUT2D eigenvalue weighted by atomic mass is 10.1. The summed E-state index contributed by atoms with van der Waals surface area (Å²) in [5, 5.41) is 10.2. The van der Waals surface area contributed by atoms with E-state index in [1.165, 1.54) is 40.6 Å². The zero-order chi connectivity index (χ0) is 18.8. The standard InChI is InChI=1S/C19H18O7/c1-22-13-7-5-6-10(17(13)24-3)14-8-11(20)16-12(21)9-15(23-2)18(25-4)19(16)26-14/h5-9,21H,1-4H3. The Labute approximate surface area is 149 Å². The third-order valence-electron chi connectivity index (χ3n) is 3.99. The number of phenols is 1. The van der Waals surface area contributed by atoms with E-state index in [1.54, 1.807) is 18.2 Å². The Kier molecular flexibility index (Phi) is 4.62. The molecule has 0 aliphatic heterocycles. The van der Waals surface area contributed by atoms with Crippen LogP contribution in [0.5, 0.6) is 28.7 Å². The summed E-state index contributed by atoms with van der Waals surface area (Å²) in [5.74, 6) is 1.35. The van der Waals surface area contributed by atoms with Gasteiger partial charge in [0.15, 0.2) is 28.3 Å². The maximum Gasteiger partial charge on any atom is 0.205 e. The Morgan fingerprint density at radius 1 is 0.885 bits per heavy atom. The topological polar surface area (TPSA) is 87.4 Å². The van der Waals surface area contributed by atoms with Gasteiger partial charge in [0, 0.05) is 12.1 Å². The SMILES string of the molecule is COc1cccc(-c2cc(=O)c3c(O)cc(OC)c(OC)c3o2)c1OC. The van der Waals surface area contributed by atoms with Gasteiger partial charge in [0.05, 0.1) is 34.0 Å². The van der Waals surface area contributed by atoms with Crippen LogP contribution in [0.3, 0.4) is 0 Å². The van der Waals surface area contributed by atoms with Gasteiger partial charge in [0.1, 0.15) is 16.9 Å². The second kappa shape index (κ2) is 6.87. The largest absolute Gasteiger partial charge is 0.507 e. The van der Waals surface area contributed by atoms with Crippen molar-refractivity contribution in [2.24, 2.45) is 0 Å². The van der Waals surface area contributed by atoms with Crippen LogP contribution in [0.25, 0.3) is 22.3 Å². The van der Waals surface area contributed by atoms with Gasteiger partial charge < -0.3 is 28.5 Å². The maximum absolute atomic E-state index is 12.6. The quantitative estimate of drug-likeness (QED) is 0.749. The van der Waals surface area contributed by atoms with E-state index in [2.05, 4.69) is 0 Å². The highest BCUT2D eigenvalue weighted by Crippen LogP contribution is 2.43. The molecule has 3 aromatic rings. The van der Waals surface area contributed by atoms with E-state index in [4.69, 9.17) is 23.4 Å². The molecule has 1 N–H and O–H groups in total. The van der Waals surface area contributed by atoms with Crippen molar-refractivity contribution in [2.45, 2.75) is 0 Å². The van der Waals surface area contributed by atoms with Gasteiger partial charge >= 0.3 is 0 Å². The third-order valence-corrected chi connectivity index (χ3v) is 3.99. The molecule has 0 radical (unpaired) electrons.